The highest BCUT2D eigenvalue weighted by molar-refractivity contribution is 5.23. The summed E-state index contributed by atoms with van der Waals surface area (Å²) < 4.78 is 27.3. The normalized spacial score (nSPS) is 27.9. The molecule has 0 aliphatic heterocycles. The van der Waals surface area contributed by atoms with Gasteiger partial charge in [-0.3, -0.25) is 0 Å². The van der Waals surface area contributed by atoms with Gasteiger partial charge in [-0.1, -0.05) is 26.0 Å². The van der Waals surface area contributed by atoms with Crippen LogP contribution in [0.4, 0.5) is 8.78 Å². The van der Waals surface area contributed by atoms with Crippen LogP contribution in [-0.4, -0.2) is 11.7 Å². The van der Waals surface area contributed by atoms with Crippen LogP contribution in [0.2, 0.25) is 0 Å². The molecule has 21 heavy (non-hydrogen) atoms. The van der Waals surface area contributed by atoms with E-state index >= 15 is 0 Å². The maximum Gasteiger partial charge on any atom is 0.164 e. The largest absolute Gasteiger partial charge is 0.388 e. The van der Waals surface area contributed by atoms with E-state index in [1.54, 1.807) is 0 Å². The minimum atomic E-state index is -1.05. The van der Waals surface area contributed by atoms with Crippen molar-refractivity contribution in [1.29, 1.82) is 0 Å². The number of aliphatic hydroxyl groups excluding tert-OH is 1. The van der Waals surface area contributed by atoms with Gasteiger partial charge in [0.1, 0.15) is 0 Å². The summed E-state index contributed by atoms with van der Waals surface area (Å²) in [7, 11) is 0. The first-order valence-corrected chi connectivity index (χ1v) is 7.73. The van der Waals surface area contributed by atoms with Crippen LogP contribution in [0.1, 0.15) is 51.2 Å². The summed E-state index contributed by atoms with van der Waals surface area (Å²) in [5, 5.41) is 10.6. The summed E-state index contributed by atoms with van der Waals surface area (Å²) in [6.45, 7) is 4.68. The third kappa shape index (κ3) is 3.11. The second-order valence-corrected chi connectivity index (χ2v) is 6.69. The van der Waals surface area contributed by atoms with E-state index in [0.717, 1.165) is 31.7 Å². The van der Waals surface area contributed by atoms with Crippen LogP contribution in [0.25, 0.3) is 0 Å². The van der Waals surface area contributed by atoms with Crippen LogP contribution in [0, 0.1) is 28.9 Å². The van der Waals surface area contributed by atoms with Crippen LogP contribution < -0.4 is 5.73 Å². The Balaban J connectivity index is 2.23. The predicted molar refractivity (Wildman–Crippen MR) is 79.6 cm³/mol. The van der Waals surface area contributed by atoms with E-state index < -0.39 is 23.2 Å². The fourth-order valence-corrected chi connectivity index (χ4v) is 3.53. The van der Waals surface area contributed by atoms with E-state index in [1.165, 1.54) is 12.1 Å². The van der Waals surface area contributed by atoms with Gasteiger partial charge in [-0.2, -0.15) is 0 Å². The zero-order chi connectivity index (χ0) is 15.6. The highest BCUT2D eigenvalue weighted by atomic mass is 19.2. The van der Waals surface area contributed by atoms with E-state index in [2.05, 4.69) is 13.8 Å². The van der Waals surface area contributed by atoms with Crippen LogP contribution in [0.15, 0.2) is 18.2 Å². The van der Waals surface area contributed by atoms with Gasteiger partial charge in [0.25, 0.3) is 0 Å². The Morgan fingerprint density at radius 3 is 2.43 bits per heavy atom. The van der Waals surface area contributed by atoms with Crippen molar-refractivity contribution in [3.8, 4) is 0 Å². The standard InChI is InChI=1S/C17H25F2NO/c1-11(2)12-6-8-17(10-20,9-7-12)16(21)13-4-3-5-14(18)15(13)19/h3-5,11-12,16,21H,6-10,20H2,1-2H3. The van der Waals surface area contributed by atoms with Gasteiger partial charge in [0.2, 0.25) is 0 Å². The van der Waals surface area contributed by atoms with Gasteiger partial charge in [0, 0.05) is 17.5 Å². The maximum absolute atomic E-state index is 13.9. The average Bonchev–Trinajstić information content (AvgIpc) is 2.49. The summed E-state index contributed by atoms with van der Waals surface area (Å²) in [5.41, 5.74) is 5.40. The Labute approximate surface area is 125 Å². The summed E-state index contributed by atoms with van der Waals surface area (Å²) in [6, 6.07) is 3.95. The molecule has 1 unspecified atom stereocenters. The molecule has 0 saturated heterocycles. The van der Waals surface area contributed by atoms with Crippen LogP contribution in [0.5, 0.6) is 0 Å². The van der Waals surface area contributed by atoms with Gasteiger partial charge in [0.15, 0.2) is 11.6 Å². The molecule has 2 rings (SSSR count). The van der Waals surface area contributed by atoms with Crippen molar-refractivity contribution in [1.82, 2.24) is 0 Å². The molecule has 0 bridgehead atoms. The van der Waals surface area contributed by atoms with Gasteiger partial charge >= 0.3 is 0 Å². The second-order valence-electron chi connectivity index (χ2n) is 6.69. The minimum Gasteiger partial charge on any atom is -0.388 e. The summed E-state index contributed by atoms with van der Waals surface area (Å²) in [4.78, 5) is 0. The van der Waals surface area contributed by atoms with Crippen molar-refractivity contribution in [2.75, 3.05) is 6.54 Å². The number of aliphatic hydroxyl groups is 1. The van der Waals surface area contributed by atoms with Crippen LogP contribution in [0.3, 0.4) is 0 Å². The van der Waals surface area contributed by atoms with Crippen molar-refractivity contribution in [3.05, 3.63) is 35.4 Å². The molecular weight excluding hydrogens is 272 g/mol. The molecule has 2 nitrogen and oxygen atoms in total. The highest BCUT2D eigenvalue weighted by Gasteiger charge is 2.42. The Hall–Kier alpha value is -1.00. The van der Waals surface area contributed by atoms with E-state index in [4.69, 9.17) is 5.73 Å². The van der Waals surface area contributed by atoms with E-state index in [-0.39, 0.29) is 12.1 Å². The molecule has 1 atom stereocenters. The number of hydrogen-bond donors (Lipinski definition) is 2. The van der Waals surface area contributed by atoms with Gasteiger partial charge in [-0.05, 0) is 43.6 Å². The number of halogens is 2. The average molecular weight is 297 g/mol. The molecule has 1 aromatic carbocycles. The van der Waals surface area contributed by atoms with Gasteiger partial charge < -0.3 is 10.8 Å². The number of rotatable bonds is 4. The van der Waals surface area contributed by atoms with Crippen molar-refractivity contribution < 1.29 is 13.9 Å². The van der Waals surface area contributed by atoms with Crippen LogP contribution >= 0.6 is 0 Å². The zero-order valence-electron chi connectivity index (χ0n) is 12.8. The fraction of sp³-hybridized carbons (Fsp3) is 0.647. The molecule has 1 aromatic rings. The van der Waals surface area contributed by atoms with E-state index in [9.17, 15) is 13.9 Å². The summed E-state index contributed by atoms with van der Waals surface area (Å²) in [6.07, 6.45) is 2.41. The lowest BCUT2D eigenvalue weighted by molar-refractivity contribution is -0.0171. The lowest BCUT2D eigenvalue weighted by Gasteiger charge is -2.44. The predicted octanol–water partition coefficient (Wildman–Crippen LogP) is 3.79. The Kier molecular flexibility index (Phi) is 4.99. The third-order valence-electron chi connectivity index (χ3n) is 5.23. The van der Waals surface area contributed by atoms with E-state index in [1.807, 2.05) is 0 Å². The second kappa shape index (κ2) is 6.41. The van der Waals surface area contributed by atoms with Crippen molar-refractivity contribution in [2.24, 2.45) is 23.0 Å². The fourth-order valence-electron chi connectivity index (χ4n) is 3.53. The molecular formula is C17H25F2NO. The number of benzene rings is 1. The minimum absolute atomic E-state index is 0.0310. The Bertz CT molecular complexity index is 482. The molecule has 1 aliphatic rings. The Morgan fingerprint density at radius 1 is 1.29 bits per heavy atom. The molecule has 0 spiro atoms. The summed E-state index contributed by atoms with van der Waals surface area (Å²) >= 11 is 0. The lowest BCUT2D eigenvalue weighted by Crippen LogP contribution is -2.41. The molecule has 4 heteroatoms. The molecule has 1 aliphatic carbocycles. The quantitative estimate of drug-likeness (QED) is 0.888. The van der Waals surface area contributed by atoms with E-state index in [0.29, 0.717) is 11.8 Å². The van der Waals surface area contributed by atoms with Gasteiger partial charge in [-0.15, -0.1) is 0 Å². The van der Waals surface area contributed by atoms with Crippen LogP contribution in [-0.2, 0) is 0 Å². The first kappa shape index (κ1) is 16.4. The zero-order valence-corrected chi connectivity index (χ0v) is 12.8. The molecule has 3 N–H and O–H groups in total. The topological polar surface area (TPSA) is 46.2 Å². The maximum atomic E-state index is 13.9. The molecule has 0 amide bonds. The number of nitrogens with two attached hydrogens (primary N) is 1. The monoisotopic (exact) mass is 297 g/mol. The van der Waals surface area contributed by atoms with Crippen molar-refractivity contribution >= 4 is 0 Å². The Morgan fingerprint density at radius 2 is 1.90 bits per heavy atom. The molecule has 118 valence electrons. The van der Waals surface area contributed by atoms with Gasteiger partial charge in [0.05, 0.1) is 6.10 Å². The molecule has 1 saturated carbocycles. The van der Waals surface area contributed by atoms with Gasteiger partial charge in [-0.25, -0.2) is 8.78 Å². The molecule has 0 radical (unpaired) electrons. The van der Waals surface area contributed by atoms with Crippen molar-refractivity contribution in [2.45, 2.75) is 45.6 Å². The summed E-state index contributed by atoms with van der Waals surface area (Å²) in [5.74, 6) is -0.656. The molecule has 0 aromatic heterocycles. The molecule has 1 fully saturated rings. The first-order chi connectivity index (χ1) is 9.91. The third-order valence-corrected chi connectivity index (χ3v) is 5.23. The highest BCUT2D eigenvalue weighted by Crippen LogP contribution is 2.48. The molecule has 0 heterocycles. The lowest BCUT2D eigenvalue weighted by atomic mass is 9.64. The first-order valence-electron chi connectivity index (χ1n) is 7.73. The number of hydrogen-bond acceptors (Lipinski definition) is 2. The van der Waals surface area contributed by atoms with Crippen molar-refractivity contribution in [3.63, 3.8) is 0 Å². The smallest absolute Gasteiger partial charge is 0.164 e. The SMILES string of the molecule is CC(C)C1CCC(CN)(C(O)c2cccc(F)c2F)CC1.